The van der Waals surface area contributed by atoms with E-state index in [4.69, 9.17) is 25.5 Å². The monoisotopic (exact) mass is 479 g/mol. The van der Waals surface area contributed by atoms with Crippen LogP contribution in [0.5, 0.6) is 11.5 Å². The molecule has 0 aliphatic carbocycles. The van der Waals surface area contributed by atoms with Gasteiger partial charge in [0.2, 0.25) is 5.89 Å². The van der Waals surface area contributed by atoms with Crippen molar-refractivity contribution >= 4 is 35.6 Å². The number of rotatable bonds is 6. The highest BCUT2D eigenvalue weighted by Gasteiger charge is 2.34. The summed E-state index contributed by atoms with van der Waals surface area (Å²) in [6.45, 7) is -0.167. The molecule has 172 valence electrons. The molecule has 1 aromatic heterocycles. The van der Waals surface area contributed by atoms with Gasteiger partial charge in [-0.15, -0.1) is 5.10 Å². The number of nitrogens with zero attached hydrogens (tertiary/aromatic N) is 3. The zero-order valence-corrected chi connectivity index (χ0v) is 19.0. The predicted octanol–water partition coefficient (Wildman–Crippen LogP) is 2.98. The molecule has 9 nitrogen and oxygen atoms in total. The van der Waals surface area contributed by atoms with Gasteiger partial charge in [0, 0.05) is 6.08 Å². The molecule has 3 aromatic rings. The minimum absolute atomic E-state index is 0.0537. The van der Waals surface area contributed by atoms with Crippen molar-refractivity contribution in [3.63, 3.8) is 0 Å². The summed E-state index contributed by atoms with van der Waals surface area (Å²) in [4.78, 5) is 37.8. The van der Waals surface area contributed by atoms with Crippen LogP contribution in [-0.4, -0.2) is 47.3 Å². The van der Waals surface area contributed by atoms with Gasteiger partial charge in [-0.1, -0.05) is 35.6 Å². The Morgan fingerprint density at radius 2 is 1.65 bits per heavy atom. The quantitative estimate of drug-likeness (QED) is 0.395. The first-order valence-corrected chi connectivity index (χ1v) is 10.4. The molecule has 4 rings (SSSR count). The molecule has 2 aromatic carbocycles. The summed E-state index contributed by atoms with van der Waals surface area (Å²) in [6.07, 6.45) is 3.10. The summed E-state index contributed by atoms with van der Waals surface area (Å²) in [5.74, 6) is 4.89. The minimum atomic E-state index is -0.701. The van der Waals surface area contributed by atoms with Gasteiger partial charge in [-0.05, 0) is 35.9 Å². The van der Waals surface area contributed by atoms with E-state index in [1.807, 2.05) is 0 Å². The summed E-state index contributed by atoms with van der Waals surface area (Å²) in [5, 5.41) is 4.40. The van der Waals surface area contributed by atoms with Gasteiger partial charge in [-0.25, -0.2) is 4.79 Å². The Morgan fingerprint density at radius 1 is 0.971 bits per heavy atom. The highest BCUT2D eigenvalue weighted by Crippen LogP contribution is 2.37. The Bertz CT molecular complexity index is 1390. The molecule has 0 saturated heterocycles. The van der Waals surface area contributed by atoms with Crippen molar-refractivity contribution in [1.29, 1.82) is 0 Å². The molecule has 0 spiro atoms. The number of methoxy groups -OCH3 is 2. The van der Waals surface area contributed by atoms with Gasteiger partial charge in [-0.3, -0.25) is 14.5 Å². The molecular formula is C24H18ClN3O6. The minimum Gasteiger partial charge on any atom is -0.493 e. The second-order valence-corrected chi connectivity index (χ2v) is 7.38. The molecule has 1 aliphatic heterocycles. The Labute approximate surface area is 199 Å². The number of amides is 2. The molecule has 34 heavy (non-hydrogen) atoms. The molecule has 2 amide bonds. The first kappa shape index (κ1) is 22.9. The van der Waals surface area contributed by atoms with E-state index in [1.54, 1.807) is 42.5 Å². The summed E-state index contributed by atoms with van der Waals surface area (Å²) >= 11 is 6.34. The van der Waals surface area contributed by atoms with Crippen molar-refractivity contribution in [2.45, 2.75) is 6.54 Å². The molecule has 0 fully saturated rings. The Hall–Kier alpha value is -4.29. The third-order valence-corrected chi connectivity index (χ3v) is 5.40. The number of aromatic nitrogens is 2. The number of carbonyl (C=O) groups is 2. The Morgan fingerprint density at radius 3 is 2.29 bits per heavy atom. The van der Waals surface area contributed by atoms with E-state index in [9.17, 15) is 14.4 Å². The van der Waals surface area contributed by atoms with Gasteiger partial charge >= 0.3 is 5.76 Å². The topological polar surface area (TPSA) is 104 Å². The molecule has 10 heteroatoms. The van der Waals surface area contributed by atoms with Crippen molar-refractivity contribution in [3.8, 4) is 23.3 Å². The second kappa shape index (κ2) is 9.68. The van der Waals surface area contributed by atoms with Gasteiger partial charge in [0.25, 0.3) is 11.8 Å². The zero-order chi connectivity index (χ0) is 24.2. The van der Waals surface area contributed by atoms with E-state index in [-0.39, 0.29) is 19.0 Å². The lowest BCUT2D eigenvalue weighted by atomic mass is 10.1. The number of halogens is 1. The van der Waals surface area contributed by atoms with Crippen LogP contribution in [0.25, 0.3) is 12.2 Å². The zero-order valence-electron chi connectivity index (χ0n) is 18.2. The number of fused-ring (bicyclic) bond motifs is 1. The van der Waals surface area contributed by atoms with Crippen molar-refractivity contribution in [2.75, 3.05) is 20.8 Å². The highest BCUT2D eigenvalue weighted by atomic mass is 35.5. The molecule has 1 aliphatic rings. The average Bonchev–Trinajstić information content (AvgIpc) is 3.32. The Balaban J connectivity index is 1.43. The molecule has 0 atom stereocenters. The van der Waals surface area contributed by atoms with Crippen LogP contribution in [0, 0.1) is 11.8 Å². The number of hydrogen-bond acceptors (Lipinski definition) is 7. The summed E-state index contributed by atoms with van der Waals surface area (Å²) in [7, 11) is 2.99. The number of benzene rings is 2. The van der Waals surface area contributed by atoms with E-state index in [0.717, 1.165) is 9.58 Å². The fourth-order valence-electron chi connectivity index (χ4n) is 3.33. The predicted molar refractivity (Wildman–Crippen MR) is 124 cm³/mol. The molecule has 0 saturated carbocycles. The smallest absolute Gasteiger partial charge is 0.438 e. The van der Waals surface area contributed by atoms with Crippen LogP contribution < -0.4 is 15.2 Å². The average molecular weight is 480 g/mol. The summed E-state index contributed by atoms with van der Waals surface area (Å²) in [5.41, 5.74) is 1.32. The standard InChI is InChI=1S/C24H18ClN3O6/c1-32-18-11-9-15(20(25)21(18)33-2)10-12-19-26-28(24(31)34-19)14-6-5-13-27-22(29)16-7-3-4-8-17(16)23(27)30/h3-4,7-12H,13-14H2,1-2H3. The van der Waals surface area contributed by atoms with Crippen molar-refractivity contribution in [2.24, 2.45) is 0 Å². The fraction of sp³-hybridized carbons (Fsp3) is 0.167. The normalized spacial score (nSPS) is 12.6. The van der Waals surface area contributed by atoms with Crippen molar-refractivity contribution < 1.29 is 23.5 Å². The number of carbonyl (C=O) groups excluding carboxylic acids is 2. The van der Waals surface area contributed by atoms with Gasteiger partial charge < -0.3 is 13.9 Å². The number of ether oxygens (including phenoxy) is 2. The van der Waals surface area contributed by atoms with E-state index in [2.05, 4.69) is 16.9 Å². The number of imide groups is 1. The first-order chi connectivity index (χ1) is 16.4. The maximum atomic E-state index is 12.3. The largest absolute Gasteiger partial charge is 0.493 e. The molecule has 0 radical (unpaired) electrons. The second-order valence-electron chi connectivity index (χ2n) is 7.00. The molecular weight excluding hydrogens is 462 g/mol. The third-order valence-electron chi connectivity index (χ3n) is 5.01. The van der Waals surface area contributed by atoms with E-state index >= 15 is 0 Å². The fourth-order valence-corrected chi connectivity index (χ4v) is 3.63. The van der Waals surface area contributed by atoms with Crippen LogP contribution in [0.4, 0.5) is 0 Å². The molecule has 0 N–H and O–H groups in total. The third kappa shape index (κ3) is 4.31. The summed E-state index contributed by atoms with van der Waals surface area (Å²) in [6, 6.07) is 10.0. The van der Waals surface area contributed by atoms with E-state index < -0.39 is 17.6 Å². The lowest BCUT2D eigenvalue weighted by molar-refractivity contribution is 0.0675. The molecule has 0 bridgehead atoms. The van der Waals surface area contributed by atoms with Crippen LogP contribution in [0.1, 0.15) is 32.2 Å². The van der Waals surface area contributed by atoms with Gasteiger partial charge in [0.05, 0.1) is 36.9 Å². The van der Waals surface area contributed by atoms with Crippen LogP contribution in [-0.2, 0) is 6.54 Å². The van der Waals surface area contributed by atoms with Crippen LogP contribution in [0.3, 0.4) is 0 Å². The van der Waals surface area contributed by atoms with Crippen molar-refractivity contribution in [3.05, 3.63) is 74.6 Å². The lowest BCUT2D eigenvalue weighted by Crippen LogP contribution is -2.30. The van der Waals surface area contributed by atoms with E-state index in [0.29, 0.717) is 33.2 Å². The van der Waals surface area contributed by atoms with Gasteiger partial charge in [0.15, 0.2) is 11.5 Å². The summed E-state index contributed by atoms with van der Waals surface area (Å²) < 4.78 is 16.6. The maximum Gasteiger partial charge on any atom is 0.438 e. The maximum absolute atomic E-state index is 12.3. The van der Waals surface area contributed by atoms with E-state index in [1.165, 1.54) is 20.3 Å². The SMILES string of the molecule is COc1ccc(C=Cc2nn(CC#CCN3C(=O)c4ccccc4C3=O)c(=O)o2)c(Cl)c1OC. The van der Waals surface area contributed by atoms with Crippen molar-refractivity contribution in [1.82, 2.24) is 14.7 Å². The lowest BCUT2D eigenvalue weighted by Gasteiger charge is -2.10. The van der Waals surface area contributed by atoms with Gasteiger partial charge in [0.1, 0.15) is 6.54 Å². The number of hydrogen-bond donors (Lipinski definition) is 0. The highest BCUT2D eigenvalue weighted by molar-refractivity contribution is 6.34. The van der Waals surface area contributed by atoms with Gasteiger partial charge in [-0.2, -0.15) is 4.68 Å². The van der Waals surface area contributed by atoms with Crippen LogP contribution in [0.2, 0.25) is 5.02 Å². The first-order valence-electron chi connectivity index (χ1n) is 10.0. The van der Waals surface area contributed by atoms with Crippen LogP contribution >= 0.6 is 11.6 Å². The molecule has 0 unspecified atom stereocenters. The molecule has 2 heterocycles. The van der Waals surface area contributed by atoms with Crippen LogP contribution in [0.15, 0.2) is 45.6 Å². The Kier molecular flexibility index (Phi) is 6.52.